The monoisotopic (exact) mass is 273 g/mol. The predicted octanol–water partition coefficient (Wildman–Crippen LogP) is 2.50. The number of benzene rings is 1. The fraction of sp³-hybridized carbons (Fsp3) is 0.250. The van der Waals surface area contributed by atoms with E-state index in [1.165, 1.54) is 6.08 Å². The van der Waals surface area contributed by atoms with Gasteiger partial charge in [-0.2, -0.15) is 0 Å². The van der Waals surface area contributed by atoms with Crippen molar-refractivity contribution in [3.63, 3.8) is 0 Å². The molecule has 17 heavy (non-hydrogen) atoms. The van der Waals surface area contributed by atoms with Crippen molar-refractivity contribution in [3.8, 4) is 0 Å². The molecule has 0 saturated heterocycles. The van der Waals surface area contributed by atoms with Crippen molar-refractivity contribution in [1.82, 2.24) is 5.32 Å². The average Bonchev–Trinajstić information content (AvgIpc) is 2.25. The first-order valence-corrected chi connectivity index (χ1v) is 5.82. The molecule has 0 aromatic heterocycles. The van der Waals surface area contributed by atoms with Crippen LogP contribution in [0.4, 0.5) is 0 Å². The van der Waals surface area contributed by atoms with Gasteiger partial charge in [0.2, 0.25) is 5.91 Å². The molecule has 2 N–H and O–H groups in total. The molecule has 3 nitrogen and oxygen atoms in total. The summed E-state index contributed by atoms with van der Waals surface area (Å²) in [6, 6.07) is 4.75. The van der Waals surface area contributed by atoms with E-state index in [-0.39, 0.29) is 18.6 Å². The lowest BCUT2D eigenvalue weighted by Crippen LogP contribution is -2.33. The number of halogens is 2. The largest absolute Gasteiger partial charge is 0.394 e. The summed E-state index contributed by atoms with van der Waals surface area (Å²) in [7, 11) is 0. The van der Waals surface area contributed by atoms with Crippen LogP contribution >= 0.6 is 23.2 Å². The highest BCUT2D eigenvalue weighted by Crippen LogP contribution is 2.19. The van der Waals surface area contributed by atoms with Crippen LogP contribution in [0, 0.1) is 0 Å². The molecule has 0 fully saturated rings. The van der Waals surface area contributed by atoms with E-state index in [1.54, 1.807) is 31.2 Å². The molecule has 92 valence electrons. The molecule has 1 atom stereocenters. The number of rotatable bonds is 4. The maximum Gasteiger partial charge on any atom is 0.244 e. The third-order valence-electron chi connectivity index (χ3n) is 1.97. The minimum Gasteiger partial charge on any atom is -0.394 e. The summed E-state index contributed by atoms with van der Waals surface area (Å²) in [6.45, 7) is 1.62. The van der Waals surface area contributed by atoms with Crippen LogP contribution in [0.2, 0.25) is 10.0 Å². The predicted molar refractivity (Wildman–Crippen MR) is 70.2 cm³/mol. The van der Waals surface area contributed by atoms with Gasteiger partial charge < -0.3 is 10.4 Å². The van der Waals surface area contributed by atoms with Crippen LogP contribution in [0.15, 0.2) is 24.3 Å². The molecule has 0 heterocycles. The van der Waals surface area contributed by atoms with E-state index in [0.29, 0.717) is 10.0 Å². The lowest BCUT2D eigenvalue weighted by atomic mass is 10.2. The lowest BCUT2D eigenvalue weighted by molar-refractivity contribution is -0.117. The molecule has 0 radical (unpaired) electrons. The van der Waals surface area contributed by atoms with E-state index in [1.807, 2.05) is 0 Å². The Labute approximate surface area is 110 Å². The second-order valence-electron chi connectivity index (χ2n) is 3.63. The van der Waals surface area contributed by atoms with Gasteiger partial charge in [-0.1, -0.05) is 23.2 Å². The molecule has 0 saturated carbocycles. The molecule has 0 aliphatic heterocycles. The van der Waals surface area contributed by atoms with Crippen LogP contribution in [0.25, 0.3) is 6.08 Å². The third-order valence-corrected chi connectivity index (χ3v) is 2.41. The number of aliphatic hydroxyl groups is 1. The Morgan fingerprint density at radius 2 is 2.00 bits per heavy atom. The van der Waals surface area contributed by atoms with Gasteiger partial charge in [0.05, 0.1) is 6.61 Å². The first kappa shape index (κ1) is 14.0. The Hall–Kier alpha value is -1.03. The summed E-state index contributed by atoms with van der Waals surface area (Å²) in [5.41, 5.74) is 0.745. The zero-order valence-corrected chi connectivity index (χ0v) is 10.8. The molecule has 1 aromatic rings. The highest BCUT2D eigenvalue weighted by Gasteiger charge is 2.02. The quantitative estimate of drug-likeness (QED) is 0.829. The number of carbonyl (C=O) groups excluding carboxylic acids is 1. The van der Waals surface area contributed by atoms with Crippen LogP contribution in [0.1, 0.15) is 12.5 Å². The molecule has 0 aliphatic rings. The van der Waals surface area contributed by atoms with E-state index < -0.39 is 0 Å². The standard InChI is InChI=1S/C12H13Cl2NO2/c1-8(7-16)15-12(17)3-2-9-4-10(13)6-11(14)5-9/h2-6,8,16H,7H2,1H3,(H,15,17)/b3-2+. The highest BCUT2D eigenvalue weighted by molar-refractivity contribution is 6.34. The normalized spacial score (nSPS) is 12.7. The van der Waals surface area contributed by atoms with Crippen molar-refractivity contribution < 1.29 is 9.90 Å². The molecule has 0 aliphatic carbocycles. The van der Waals surface area contributed by atoms with E-state index in [0.717, 1.165) is 5.56 Å². The van der Waals surface area contributed by atoms with Crippen LogP contribution in [-0.2, 0) is 4.79 Å². The molecule has 1 aromatic carbocycles. The number of aliphatic hydroxyl groups excluding tert-OH is 1. The van der Waals surface area contributed by atoms with Gasteiger partial charge in [0.1, 0.15) is 0 Å². The number of carbonyl (C=O) groups is 1. The zero-order valence-electron chi connectivity index (χ0n) is 9.28. The molecule has 1 amide bonds. The van der Waals surface area contributed by atoms with Crippen molar-refractivity contribution >= 4 is 35.2 Å². The van der Waals surface area contributed by atoms with Gasteiger partial charge in [0.25, 0.3) is 0 Å². The number of nitrogens with one attached hydrogen (secondary N) is 1. The van der Waals surface area contributed by atoms with Gasteiger partial charge in [0.15, 0.2) is 0 Å². The van der Waals surface area contributed by atoms with E-state index in [4.69, 9.17) is 28.3 Å². The van der Waals surface area contributed by atoms with E-state index in [2.05, 4.69) is 5.32 Å². The minimum absolute atomic E-state index is 0.0947. The van der Waals surface area contributed by atoms with Crippen molar-refractivity contribution in [1.29, 1.82) is 0 Å². The Morgan fingerprint density at radius 1 is 1.41 bits per heavy atom. The maximum absolute atomic E-state index is 11.4. The molecule has 5 heteroatoms. The van der Waals surface area contributed by atoms with Gasteiger partial charge in [-0.15, -0.1) is 0 Å². The molecular weight excluding hydrogens is 261 g/mol. The first-order chi connectivity index (χ1) is 8.01. The summed E-state index contributed by atoms with van der Waals surface area (Å²) in [5.74, 6) is -0.275. The Kier molecular flexibility index (Phi) is 5.48. The van der Waals surface area contributed by atoms with Gasteiger partial charge in [0, 0.05) is 22.2 Å². The average molecular weight is 274 g/mol. The Bertz CT molecular complexity index is 412. The Balaban J connectivity index is 2.67. The SMILES string of the molecule is CC(CO)NC(=O)/C=C/c1cc(Cl)cc(Cl)c1. The second-order valence-corrected chi connectivity index (χ2v) is 4.50. The van der Waals surface area contributed by atoms with Crippen molar-refractivity contribution in [3.05, 3.63) is 39.9 Å². The minimum atomic E-state index is -0.275. The van der Waals surface area contributed by atoms with Crippen molar-refractivity contribution in [2.24, 2.45) is 0 Å². The van der Waals surface area contributed by atoms with Crippen LogP contribution in [0.3, 0.4) is 0 Å². The summed E-state index contributed by atoms with van der Waals surface area (Å²) in [5, 5.41) is 12.4. The number of hydrogen-bond acceptors (Lipinski definition) is 2. The third kappa shape index (κ3) is 5.22. The van der Waals surface area contributed by atoms with Crippen molar-refractivity contribution in [2.45, 2.75) is 13.0 Å². The first-order valence-electron chi connectivity index (χ1n) is 5.07. The van der Waals surface area contributed by atoms with Crippen molar-refractivity contribution in [2.75, 3.05) is 6.61 Å². The molecule has 0 spiro atoms. The van der Waals surface area contributed by atoms with Gasteiger partial charge >= 0.3 is 0 Å². The van der Waals surface area contributed by atoms with Gasteiger partial charge in [-0.3, -0.25) is 4.79 Å². The molecular formula is C12H13Cl2NO2. The van der Waals surface area contributed by atoms with Gasteiger partial charge in [-0.05, 0) is 36.8 Å². The smallest absolute Gasteiger partial charge is 0.244 e. The fourth-order valence-electron chi connectivity index (χ4n) is 1.18. The second kappa shape index (κ2) is 6.64. The lowest BCUT2D eigenvalue weighted by Gasteiger charge is -2.07. The van der Waals surface area contributed by atoms with Gasteiger partial charge in [-0.25, -0.2) is 0 Å². The molecule has 1 rings (SSSR count). The fourth-order valence-corrected chi connectivity index (χ4v) is 1.72. The maximum atomic E-state index is 11.4. The van der Waals surface area contributed by atoms with Crippen LogP contribution in [0.5, 0.6) is 0 Å². The summed E-state index contributed by atoms with van der Waals surface area (Å²) >= 11 is 11.6. The number of hydrogen-bond donors (Lipinski definition) is 2. The summed E-state index contributed by atoms with van der Waals surface area (Å²) in [4.78, 5) is 11.4. The summed E-state index contributed by atoms with van der Waals surface area (Å²) in [6.07, 6.45) is 2.98. The van der Waals surface area contributed by atoms with Crippen LogP contribution in [-0.4, -0.2) is 23.7 Å². The topological polar surface area (TPSA) is 49.3 Å². The number of amides is 1. The van der Waals surface area contributed by atoms with Crippen LogP contribution < -0.4 is 5.32 Å². The highest BCUT2D eigenvalue weighted by atomic mass is 35.5. The zero-order chi connectivity index (χ0) is 12.8. The van der Waals surface area contributed by atoms with E-state index >= 15 is 0 Å². The summed E-state index contributed by atoms with van der Waals surface area (Å²) < 4.78 is 0. The molecule has 0 bridgehead atoms. The van der Waals surface area contributed by atoms with E-state index in [9.17, 15) is 4.79 Å². The Morgan fingerprint density at radius 3 is 2.53 bits per heavy atom. The molecule has 1 unspecified atom stereocenters.